The molecule has 9 nitrogen and oxygen atoms in total. The highest BCUT2D eigenvalue weighted by Gasteiger charge is 2.29. The van der Waals surface area contributed by atoms with Gasteiger partial charge in [0.15, 0.2) is 5.16 Å². The Kier molecular flexibility index (Phi) is 8.68. The highest BCUT2D eigenvalue weighted by atomic mass is 32.2. The van der Waals surface area contributed by atoms with Gasteiger partial charge in [0.05, 0.1) is 34.9 Å². The first-order valence-electron chi connectivity index (χ1n) is 11.2. The standard InChI is InChI=1S/C24H27N3O6S2/c1-6-27-21(29)15-11-9-10-12-16(15)25-24(27)34-14(5)19(28)26-20-17(22(30)32-7-2)13(4)18(35-20)23(31)33-8-3/h9-12,14H,6-8H2,1-5H3,(H,26,28). The summed E-state index contributed by atoms with van der Waals surface area (Å²) in [4.78, 5) is 55.7. The molecule has 0 aliphatic carbocycles. The number of nitrogens with one attached hydrogen (secondary N) is 1. The summed E-state index contributed by atoms with van der Waals surface area (Å²) in [6.45, 7) is 9.21. The lowest BCUT2D eigenvalue weighted by molar-refractivity contribution is -0.115. The number of aromatic nitrogens is 2. The Hall–Kier alpha value is -3.18. The van der Waals surface area contributed by atoms with Crippen LogP contribution in [0.1, 0.15) is 53.3 Å². The van der Waals surface area contributed by atoms with Crippen molar-refractivity contribution < 1.29 is 23.9 Å². The van der Waals surface area contributed by atoms with E-state index in [1.807, 2.05) is 6.92 Å². The maximum Gasteiger partial charge on any atom is 0.348 e. The van der Waals surface area contributed by atoms with E-state index in [0.29, 0.717) is 28.2 Å². The summed E-state index contributed by atoms with van der Waals surface area (Å²) in [6.07, 6.45) is 0. The van der Waals surface area contributed by atoms with Crippen molar-refractivity contribution in [3.05, 3.63) is 50.6 Å². The Labute approximate surface area is 210 Å². The first kappa shape index (κ1) is 26.4. The summed E-state index contributed by atoms with van der Waals surface area (Å²) in [7, 11) is 0. The molecule has 1 aromatic carbocycles. The van der Waals surface area contributed by atoms with Gasteiger partial charge < -0.3 is 14.8 Å². The number of amides is 1. The summed E-state index contributed by atoms with van der Waals surface area (Å²) in [6, 6.07) is 7.05. The van der Waals surface area contributed by atoms with E-state index < -0.39 is 23.1 Å². The third kappa shape index (κ3) is 5.57. The zero-order valence-corrected chi connectivity index (χ0v) is 21.8. The lowest BCUT2D eigenvalue weighted by Gasteiger charge is -2.15. The molecule has 1 unspecified atom stereocenters. The Morgan fingerprint density at radius 2 is 1.77 bits per heavy atom. The highest BCUT2D eigenvalue weighted by Crippen LogP contribution is 2.35. The van der Waals surface area contributed by atoms with Crippen LogP contribution in [0.25, 0.3) is 10.9 Å². The molecule has 35 heavy (non-hydrogen) atoms. The fraction of sp³-hybridized carbons (Fsp3) is 0.375. The molecular formula is C24H27N3O6S2. The van der Waals surface area contributed by atoms with Crippen LogP contribution in [-0.4, -0.2) is 45.9 Å². The Morgan fingerprint density at radius 3 is 2.43 bits per heavy atom. The fourth-order valence-electron chi connectivity index (χ4n) is 3.38. The molecule has 1 atom stereocenters. The van der Waals surface area contributed by atoms with Crippen molar-refractivity contribution >= 4 is 56.8 Å². The number of thiophene rings is 1. The van der Waals surface area contributed by atoms with E-state index in [1.165, 1.54) is 4.57 Å². The Balaban J connectivity index is 1.91. The number of carbonyl (C=O) groups excluding carboxylic acids is 3. The minimum absolute atomic E-state index is 0.125. The average molecular weight is 518 g/mol. The number of benzene rings is 1. The fourth-order valence-corrected chi connectivity index (χ4v) is 5.45. The van der Waals surface area contributed by atoms with Crippen molar-refractivity contribution in [3.8, 4) is 0 Å². The van der Waals surface area contributed by atoms with Crippen LogP contribution >= 0.6 is 23.1 Å². The highest BCUT2D eigenvalue weighted by molar-refractivity contribution is 8.00. The lowest BCUT2D eigenvalue weighted by Crippen LogP contribution is -2.27. The predicted molar refractivity (Wildman–Crippen MR) is 137 cm³/mol. The molecule has 11 heteroatoms. The second-order valence-electron chi connectivity index (χ2n) is 7.41. The number of rotatable bonds is 9. The number of ether oxygens (including phenoxy) is 2. The van der Waals surface area contributed by atoms with E-state index in [0.717, 1.165) is 23.1 Å². The van der Waals surface area contributed by atoms with Gasteiger partial charge in [-0.15, -0.1) is 11.3 Å². The number of hydrogen-bond donors (Lipinski definition) is 1. The summed E-state index contributed by atoms with van der Waals surface area (Å²) in [5, 5.41) is 3.22. The van der Waals surface area contributed by atoms with Gasteiger partial charge in [-0.3, -0.25) is 14.2 Å². The number of esters is 2. The van der Waals surface area contributed by atoms with Crippen LogP contribution in [0.15, 0.2) is 34.2 Å². The predicted octanol–water partition coefficient (Wildman–Crippen LogP) is 4.26. The molecule has 1 N–H and O–H groups in total. The minimum atomic E-state index is -0.663. The van der Waals surface area contributed by atoms with Gasteiger partial charge in [0.1, 0.15) is 9.88 Å². The van der Waals surface area contributed by atoms with Crippen molar-refractivity contribution in [1.82, 2.24) is 9.55 Å². The zero-order chi connectivity index (χ0) is 25.7. The SMILES string of the molecule is CCOC(=O)c1sc(NC(=O)C(C)Sc2nc3ccccc3c(=O)n2CC)c(C(=O)OCC)c1C. The molecule has 3 rings (SSSR count). The minimum Gasteiger partial charge on any atom is -0.462 e. The molecule has 2 aromatic heterocycles. The zero-order valence-electron chi connectivity index (χ0n) is 20.2. The van der Waals surface area contributed by atoms with Crippen molar-refractivity contribution in [3.63, 3.8) is 0 Å². The molecule has 0 spiro atoms. The number of hydrogen-bond acceptors (Lipinski definition) is 9. The third-order valence-electron chi connectivity index (χ3n) is 5.12. The molecule has 0 radical (unpaired) electrons. The van der Waals surface area contributed by atoms with Gasteiger partial charge >= 0.3 is 11.9 Å². The third-order valence-corrected chi connectivity index (χ3v) is 7.40. The van der Waals surface area contributed by atoms with Gasteiger partial charge in [-0.25, -0.2) is 14.6 Å². The number of anilines is 1. The van der Waals surface area contributed by atoms with E-state index in [2.05, 4.69) is 10.3 Å². The lowest BCUT2D eigenvalue weighted by atomic mass is 10.1. The van der Waals surface area contributed by atoms with Gasteiger partial charge in [-0.2, -0.15) is 0 Å². The Morgan fingerprint density at radius 1 is 1.11 bits per heavy atom. The second-order valence-corrected chi connectivity index (χ2v) is 9.74. The second kappa shape index (κ2) is 11.5. The van der Waals surface area contributed by atoms with Crippen LogP contribution in [0.3, 0.4) is 0 Å². The molecule has 0 bridgehead atoms. The van der Waals surface area contributed by atoms with Crippen molar-refractivity contribution in [2.75, 3.05) is 18.5 Å². The number of nitrogens with zero attached hydrogens (tertiary/aromatic N) is 2. The number of fused-ring (bicyclic) bond motifs is 1. The summed E-state index contributed by atoms with van der Waals surface area (Å²) >= 11 is 2.10. The van der Waals surface area contributed by atoms with Crippen LogP contribution in [0.4, 0.5) is 5.00 Å². The molecular weight excluding hydrogens is 490 g/mol. The summed E-state index contributed by atoms with van der Waals surface area (Å²) in [5.41, 5.74) is 0.888. The van der Waals surface area contributed by atoms with E-state index >= 15 is 0 Å². The van der Waals surface area contributed by atoms with Crippen molar-refractivity contribution in [2.24, 2.45) is 0 Å². The number of para-hydroxylation sites is 1. The van der Waals surface area contributed by atoms with Gasteiger partial charge in [-0.1, -0.05) is 23.9 Å². The first-order chi connectivity index (χ1) is 16.7. The first-order valence-corrected chi connectivity index (χ1v) is 12.9. The van der Waals surface area contributed by atoms with Crippen LogP contribution in [0.5, 0.6) is 0 Å². The van der Waals surface area contributed by atoms with Crippen molar-refractivity contribution in [1.29, 1.82) is 0 Å². The molecule has 0 aliphatic rings. The number of carbonyl (C=O) groups is 3. The molecule has 0 saturated heterocycles. The van der Waals surface area contributed by atoms with Gasteiger partial charge in [0.25, 0.3) is 5.56 Å². The van der Waals surface area contributed by atoms with Crippen LogP contribution in [-0.2, 0) is 20.8 Å². The topological polar surface area (TPSA) is 117 Å². The van der Waals surface area contributed by atoms with Gasteiger partial charge in [0.2, 0.25) is 5.91 Å². The average Bonchev–Trinajstić information content (AvgIpc) is 3.15. The van der Waals surface area contributed by atoms with E-state index in [4.69, 9.17) is 9.47 Å². The normalized spacial score (nSPS) is 11.8. The van der Waals surface area contributed by atoms with E-state index in [9.17, 15) is 19.2 Å². The van der Waals surface area contributed by atoms with Crippen LogP contribution in [0, 0.1) is 6.92 Å². The van der Waals surface area contributed by atoms with Crippen molar-refractivity contribution in [2.45, 2.75) is 51.6 Å². The van der Waals surface area contributed by atoms with Gasteiger partial charge in [0, 0.05) is 6.54 Å². The largest absolute Gasteiger partial charge is 0.462 e. The smallest absolute Gasteiger partial charge is 0.348 e. The molecule has 0 aliphatic heterocycles. The maximum atomic E-state index is 13.1. The molecule has 2 heterocycles. The molecule has 3 aromatic rings. The maximum absolute atomic E-state index is 13.1. The molecule has 0 saturated carbocycles. The number of thioether (sulfide) groups is 1. The summed E-state index contributed by atoms with van der Waals surface area (Å²) in [5.74, 6) is -1.62. The van der Waals surface area contributed by atoms with E-state index in [1.54, 1.807) is 52.0 Å². The molecule has 0 fully saturated rings. The van der Waals surface area contributed by atoms with E-state index in [-0.39, 0.29) is 34.2 Å². The Bertz CT molecular complexity index is 1330. The molecule has 1 amide bonds. The van der Waals surface area contributed by atoms with Crippen LogP contribution < -0.4 is 10.9 Å². The quantitative estimate of drug-likeness (QED) is 0.254. The van der Waals surface area contributed by atoms with Crippen LogP contribution in [0.2, 0.25) is 0 Å². The summed E-state index contributed by atoms with van der Waals surface area (Å²) < 4.78 is 11.7. The molecule has 186 valence electrons. The van der Waals surface area contributed by atoms with Gasteiger partial charge in [-0.05, 0) is 52.3 Å². The monoisotopic (exact) mass is 517 g/mol.